The molecule has 7 heteroatoms. The number of ether oxygens (including phenoxy) is 1. The maximum Gasteiger partial charge on any atom is 0.241 e. The molecule has 5 nitrogen and oxygen atoms in total. The topological polar surface area (TPSA) is 54.5 Å². The summed E-state index contributed by atoms with van der Waals surface area (Å²) in [4.78, 5) is 18.7. The van der Waals surface area contributed by atoms with Gasteiger partial charge in [-0.25, -0.2) is 4.98 Å². The van der Waals surface area contributed by atoms with Crippen molar-refractivity contribution in [2.24, 2.45) is 0 Å². The molecule has 1 saturated heterocycles. The molecule has 1 atom stereocenters. The molecule has 0 bridgehead atoms. The lowest BCUT2D eigenvalue weighted by Gasteiger charge is -2.34. The summed E-state index contributed by atoms with van der Waals surface area (Å²) in [6, 6.07) is 3.81. The van der Waals surface area contributed by atoms with Crippen molar-refractivity contribution >= 4 is 43.5 Å². The molecule has 1 aliphatic heterocycles. The second-order valence-electron chi connectivity index (χ2n) is 5.15. The van der Waals surface area contributed by atoms with Crippen LogP contribution in [0.2, 0.25) is 0 Å². The van der Waals surface area contributed by atoms with Gasteiger partial charge in [-0.3, -0.25) is 9.69 Å². The predicted molar refractivity (Wildman–Crippen MR) is 89.3 cm³/mol. The van der Waals surface area contributed by atoms with Crippen LogP contribution in [-0.2, 0) is 9.53 Å². The van der Waals surface area contributed by atoms with E-state index < -0.39 is 0 Å². The van der Waals surface area contributed by atoms with E-state index in [1.165, 1.54) is 0 Å². The van der Waals surface area contributed by atoms with Crippen molar-refractivity contribution in [1.29, 1.82) is 0 Å². The van der Waals surface area contributed by atoms with E-state index in [2.05, 4.69) is 47.1 Å². The molecule has 21 heavy (non-hydrogen) atoms. The van der Waals surface area contributed by atoms with Crippen LogP contribution in [0.1, 0.15) is 19.8 Å². The second-order valence-corrected chi connectivity index (χ2v) is 6.71. The van der Waals surface area contributed by atoms with Crippen LogP contribution in [0, 0.1) is 0 Å². The molecular weight excluding hydrogens is 402 g/mol. The van der Waals surface area contributed by atoms with E-state index >= 15 is 0 Å². The number of nitrogens with zero attached hydrogens (tertiary/aromatic N) is 2. The average molecular weight is 421 g/mol. The average Bonchev–Trinajstić information content (AvgIpc) is 2.49. The number of nitrogens with one attached hydrogen (secondary N) is 1. The monoisotopic (exact) mass is 419 g/mol. The SMILES string of the molecule is CC(C(=O)Nc1ccc(Br)nc1Br)N(C)C1CCOCC1. The van der Waals surface area contributed by atoms with Crippen molar-refractivity contribution in [3.05, 3.63) is 21.3 Å². The minimum Gasteiger partial charge on any atom is -0.381 e. The van der Waals surface area contributed by atoms with Crippen LogP contribution >= 0.6 is 31.9 Å². The lowest BCUT2D eigenvalue weighted by molar-refractivity contribution is -0.121. The highest BCUT2D eigenvalue weighted by Crippen LogP contribution is 2.23. The molecule has 1 unspecified atom stereocenters. The molecule has 1 fully saturated rings. The summed E-state index contributed by atoms with van der Waals surface area (Å²) in [7, 11) is 2.00. The van der Waals surface area contributed by atoms with Crippen molar-refractivity contribution in [1.82, 2.24) is 9.88 Å². The van der Waals surface area contributed by atoms with Gasteiger partial charge in [0.25, 0.3) is 0 Å². The maximum absolute atomic E-state index is 12.4. The number of carbonyl (C=O) groups is 1. The largest absolute Gasteiger partial charge is 0.381 e. The van der Waals surface area contributed by atoms with Gasteiger partial charge in [-0.05, 0) is 70.8 Å². The molecule has 2 rings (SSSR count). The fourth-order valence-corrected chi connectivity index (χ4v) is 3.31. The zero-order valence-corrected chi connectivity index (χ0v) is 15.3. The molecule has 0 aromatic carbocycles. The van der Waals surface area contributed by atoms with Crippen molar-refractivity contribution < 1.29 is 9.53 Å². The van der Waals surface area contributed by atoms with Gasteiger partial charge in [-0.2, -0.15) is 0 Å². The van der Waals surface area contributed by atoms with Gasteiger partial charge in [0.05, 0.1) is 11.7 Å². The number of halogens is 2. The smallest absolute Gasteiger partial charge is 0.241 e. The summed E-state index contributed by atoms with van der Waals surface area (Å²) in [5.74, 6) is -0.0335. The molecule has 2 heterocycles. The summed E-state index contributed by atoms with van der Waals surface area (Å²) >= 11 is 6.65. The quantitative estimate of drug-likeness (QED) is 0.760. The Morgan fingerprint density at radius 3 is 2.71 bits per heavy atom. The Hall–Kier alpha value is -0.500. The van der Waals surface area contributed by atoms with Gasteiger partial charge in [-0.15, -0.1) is 0 Å². The highest BCUT2D eigenvalue weighted by molar-refractivity contribution is 9.11. The number of aromatic nitrogens is 1. The van der Waals surface area contributed by atoms with E-state index in [0.29, 0.717) is 16.3 Å². The molecular formula is C14H19Br2N3O2. The van der Waals surface area contributed by atoms with Gasteiger partial charge >= 0.3 is 0 Å². The summed E-state index contributed by atoms with van der Waals surface area (Å²) < 4.78 is 6.71. The first kappa shape index (κ1) is 16.9. The van der Waals surface area contributed by atoms with E-state index in [1.54, 1.807) is 6.07 Å². The van der Waals surface area contributed by atoms with E-state index in [-0.39, 0.29) is 11.9 Å². The standard InChI is InChI=1S/C14H19Br2N3O2/c1-9(19(2)10-5-7-21-8-6-10)14(20)17-11-3-4-12(15)18-13(11)16/h3-4,9-10H,5-8H2,1-2H3,(H,17,20). The third kappa shape index (κ3) is 4.48. The minimum atomic E-state index is -0.205. The molecule has 1 amide bonds. The van der Waals surface area contributed by atoms with Crippen molar-refractivity contribution in [2.75, 3.05) is 25.6 Å². The van der Waals surface area contributed by atoms with Crippen LogP contribution in [0.5, 0.6) is 0 Å². The molecule has 0 saturated carbocycles. The van der Waals surface area contributed by atoms with Gasteiger partial charge in [0, 0.05) is 19.3 Å². The zero-order valence-electron chi connectivity index (χ0n) is 12.1. The lowest BCUT2D eigenvalue weighted by atomic mass is 10.1. The number of pyridine rings is 1. The molecule has 1 aromatic rings. The fourth-order valence-electron chi connectivity index (χ4n) is 2.34. The summed E-state index contributed by atoms with van der Waals surface area (Å²) in [6.45, 7) is 3.46. The molecule has 116 valence electrons. The third-order valence-corrected chi connectivity index (χ3v) is 4.88. The number of amides is 1. The molecule has 1 aromatic heterocycles. The van der Waals surface area contributed by atoms with Crippen LogP contribution in [0.25, 0.3) is 0 Å². The second kappa shape index (κ2) is 7.67. The summed E-state index contributed by atoms with van der Waals surface area (Å²) in [6.07, 6.45) is 1.94. The van der Waals surface area contributed by atoms with Crippen LogP contribution in [-0.4, -0.2) is 48.1 Å². The van der Waals surface area contributed by atoms with Crippen molar-refractivity contribution in [3.63, 3.8) is 0 Å². The summed E-state index contributed by atoms with van der Waals surface area (Å²) in [5.41, 5.74) is 0.676. The van der Waals surface area contributed by atoms with E-state index in [4.69, 9.17) is 4.74 Å². The number of rotatable bonds is 4. The van der Waals surface area contributed by atoms with Gasteiger partial charge in [0.2, 0.25) is 5.91 Å². The summed E-state index contributed by atoms with van der Waals surface area (Å²) in [5, 5.41) is 2.92. The minimum absolute atomic E-state index is 0.0335. The number of hydrogen-bond donors (Lipinski definition) is 1. The van der Waals surface area contributed by atoms with E-state index in [1.807, 2.05) is 20.0 Å². The Kier molecular flexibility index (Phi) is 6.16. The first-order valence-electron chi connectivity index (χ1n) is 6.91. The fraction of sp³-hybridized carbons (Fsp3) is 0.571. The van der Waals surface area contributed by atoms with Gasteiger partial charge in [0.15, 0.2) is 0 Å². The number of anilines is 1. The Balaban J connectivity index is 1.98. The predicted octanol–water partition coefficient (Wildman–Crippen LogP) is 3.04. The Labute approximate surface area is 141 Å². The van der Waals surface area contributed by atoms with Gasteiger partial charge in [0.1, 0.15) is 9.21 Å². The first-order valence-corrected chi connectivity index (χ1v) is 8.50. The molecule has 0 spiro atoms. The lowest BCUT2D eigenvalue weighted by Crippen LogP contribution is -2.47. The van der Waals surface area contributed by atoms with Gasteiger partial charge in [-0.1, -0.05) is 0 Å². The van der Waals surface area contributed by atoms with Crippen LogP contribution in [0.3, 0.4) is 0 Å². The Bertz CT molecular complexity index is 507. The first-order chi connectivity index (χ1) is 9.99. The molecule has 1 aliphatic rings. The third-order valence-electron chi connectivity index (χ3n) is 3.83. The van der Waals surface area contributed by atoms with Crippen LogP contribution in [0.4, 0.5) is 5.69 Å². The maximum atomic E-state index is 12.4. The number of likely N-dealkylation sites (N-methyl/N-ethyl adjacent to an activating group) is 1. The van der Waals surface area contributed by atoms with Crippen LogP contribution in [0.15, 0.2) is 21.3 Å². The number of hydrogen-bond acceptors (Lipinski definition) is 4. The molecule has 0 radical (unpaired) electrons. The Morgan fingerprint density at radius 2 is 2.10 bits per heavy atom. The highest BCUT2D eigenvalue weighted by atomic mass is 79.9. The molecule has 1 N–H and O–H groups in total. The van der Waals surface area contributed by atoms with Crippen molar-refractivity contribution in [3.8, 4) is 0 Å². The zero-order chi connectivity index (χ0) is 15.4. The normalized spacial score (nSPS) is 17.8. The Morgan fingerprint density at radius 1 is 1.43 bits per heavy atom. The van der Waals surface area contributed by atoms with Crippen molar-refractivity contribution in [2.45, 2.75) is 31.8 Å². The van der Waals surface area contributed by atoms with E-state index in [9.17, 15) is 4.79 Å². The van der Waals surface area contributed by atoms with Crippen LogP contribution < -0.4 is 5.32 Å². The highest BCUT2D eigenvalue weighted by Gasteiger charge is 2.26. The van der Waals surface area contributed by atoms with E-state index in [0.717, 1.165) is 30.7 Å². The van der Waals surface area contributed by atoms with Gasteiger partial charge < -0.3 is 10.1 Å². The number of carbonyl (C=O) groups excluding carboxylic acids is 1. The molecule has 0 aliphatic carbocycles.